The SMILES string of the molecule is Cc1c(C(C)(C)C(=O)O)c2cccc(Cl)c2n1C. The molecule has 0 spiro atoms. The number of carboxylic acids is 1. The zero-order valence-corrected chi connectivity index (χ0v) is 11.7. The van der Waals surface area contributed by atoms with Crippen LogP contribution in [0.5, 0.6) is 0 Å². The number of para-hydroxylation sites is 1. The van der Waals surface area contributed by atoms with E-state index in [1.165, 1.54) is 0 Å². The topological polar surface area (TPSA) is 42.2 Å². The number of hydrogen-bond acceptors (Lipinski definition) is 1. The van der Waals surface area contributed by atoms with Gasteiger partial charge in [0, 0.05) is 18.1 Å². The average Bonchev–Trinajstić information content (AvgIpc) is 2.53. The highest BCUT2D eigenvalue weighted by atomic mass is 35.5. The van der Waals surface area contributed by atoms with Crippen molar-refractivity contribution in [2.24, 2.45) is 7.05 Å². The van der Waals surface area contributed by atoms with E-state index in [1.54, 1.807) is 13.8 Å². The van der Waals surface area contributed by atoms with Crippen LogP contribution in [0, 0.1) is 6.92 Å². The molecular weight excluding hydrogens is 250 g/mol. The molecule has 0 aliphatic heterocycles. The Bertz CT molecular complexity index is 641. The fourth-order valence-corrected chi connectivity index (χ4v) is 2.79. The van der Waals surface area contributed by atoms with Crippen LogP contribution >= 0.6 is 11.6 Å². The average molecular weight is 266 g/mol. The number of aromatic nitrogens is 1. The van der Waals surface area contributed by atoms with Gasteiger partial charge in [0.15, 0.2) is 0 Å². The lowest BCUT2D eigenvalue weighted by molar-refractivity contribution is -0.142. The second-order valence-corrected chi connectivity index (χ2v) is 5.49. The minimum atomic E-state index is -0.936. The molecule has 0 bridgehead atoms. The van der Waals surface area contributed by atoms with Crippen molar-refractivity contribution in [1.29, 1.82) is 0 Å². The molecule has 4 heteroatoms. The Morgan fingerprint density at radius 2 is 2.00 bits per heavy atom. The number of fused-ring (bicyclic) bond motifs is 1. The van der Waals surface area contributed by atoms with Gasteiger partial charge in [-0.05, 0) is 32.4 Å². The van der Waals surface area contributed by atoms with Crippen molar-refractivity contribution in [3.63, 3.8) is 0 Å². The van der Waals surface area contributed by atoms with Crippen LogP contribution in [0.25, 0.3) is 10.9 Å². The Kier molecular flexibility index (Phi) is 2.90. The van der Waals surface area contributed by atoms with Crippen LogP contribution in [0.1, 0.15) is 25.1 Å². The van der Waals surface area contributed by atoms with Gasteiger partial charge in [-0.3, -0.25) is 4.79 Å². The number of aryl methyl sites for hydroxylation is 1. The molecule has 3 nitrogen and oxygen atoms in total. The van der Waals surface area contributed by atoms with Crippen LogP contribution < -0.4 is 0 Å². The zero-order valence-electron chi connectivity index (χ0n) is 10.9. The smallest absolute Gasteiger partial charge is 0.313 e. The van der Waals surface area contributed by atoms with Gasteiger partial charge in [0.05, 0.1) is 16.0 Å². The Labute approximate surface area is 111 Å². The van der Waals surface area contributed by atoms with Crippen LogP contribution in [0.3, 0.4) is 0 Å². The van der Waals surface area contributed by atoms with Crippen molar-refractivity contribution in [1.82, 2.24) is 4.57 Å². The minimum absolute atomic E-state index is 0.644. The van der Waals surface area contributed by atoms with E-state index >= 15 is 0 Å². The quantitative estimate of drug-likeness (QED) is 0.903. The first-order valence-corrected chi connectivity index (χ1v) is 6.13. The van der Waals surface area contributed by atoms with Crippen LogP contribution in [0.15, 0.2) is 18.2 Å². The molecule has 96 valence electrons. The third-order valence-electron chi connectivity index (χ3n) is 3.62. The number of benzene rings is 1. The summed E-state index contributed by atoms with van der Waals surface area (Å²) < 4.78 is 1.96. The maximum atomic E-state index is 11.5. The number of halogens is 1. The maximum Gasteiger partial charge on any atom is 0.313 e. The normalized spacial score (nSPS) is 12.1. The molecule has 0 saturated heterocycles. The molecule has 2 aromatic rings. The van der Waals surface area contributed by atoms with Gasteiger partial charge < -0.3 is 9.67 Å². The number of aliphatic carboxylic acids is 1. The van der Waals surface area contributed by atoms with Crippen LogP contribution in [0.4, 0.5) is 0 Å². The zero-order chi connectivity index (χ0) is 13.7. The Morgan fingerprint density at radius 1 is 1.39 bits per heavy atom. The lowest BCUT2D eigenvalue weighted by Gasteiger charge is -2.20. The van der Waals surface area contributed by atoms with E-state index in [-0.39, 0.29) is 0 Å². The molecule has 0 aliphatic carbocycles. The van der Waals surface area contributed by atoms with E-state index in [4.69, 9.17) is 11.6 Å². The van der Waals surface area contributed by atoms with Gasteiger partial charge in [-0.15, -0.1) is 0 Å². The van der Waals surface area contributed by atoms with Crippen LogP contribution in [-0.2, 0) is 17.3 Å². The van der Waals surface area contributed by atoms with Gasteiger partial charge in [-0.1, -0.05) is 23.7 Å². The fraction of sp³-hybridized carbons (Fsp3) is 0.357. The summed E-state index contributed by atoms with van der Waals surface area (Å²) >= 11 is 6.21. The van der Waals surface area contributed by atoms with Gasteiger partial charge >= 0.3 is 5.97 Å². The highest BCUT2D eigenvalue weighted by Gasteiger charge is 2.34. The van der Waals surface area contributed by atoms with Gasteiger partial charge in [0.2, 0.25) is 0 Å². The fourth-order valence-electron chi connectivity index (χ4n) is 2.48. The second-order valence-electron chi connectivity index (χ2n) is 5.09. The molecule has 0 atom stereocenters. The lowest BCUT2D eigenvalue weighted by Crippen LogP contribution is -2.29. The van der Waals surface area contributed by atoms with E-state index in [0.29, 0.717) is 5.02 Å². The van der Waals surface area contributed by atoms with Crippen molar-refractivity contribution < 1.29 is 9.90 Å². The molecule has 0 radical (unpaired) electrons. The molecule has 0 fully saturated rings. The molecule has 1 N–H and O–H groups in total. The van der Waals surface area contributed by atoms with Crippen molar-refractivity contribution in [3.8, 4) is 0 Å². The molecular formula is C14H16ClNO2. The monoisotopic (exact) mass is 265 g/mol. The largest absolute Gasteiger partial charge is 0.481 e. The third-order valence-corrected chi connectivity index (χ3v) is 3.92. The van der Waals surface area contributed by atoms with E-state index in [1.807, 2.05) is 36.7 Å². The number of nitrogens with zero attached hydrogens (tertiary/aromatic N) is 1. The van der Waals surface area contributed by atoms with E-state index in [0.717, 1.165) is 22.2 Å². The molecule has 0 aliphatic rings. The second kappa shape index (κ2) is 4.02. The predicted octanol–water partition coefficient (Wildman–Crippen LogP) is 3.50. The minimum Gasteiger partial charge on any atom is -0.481 e. The summed E-state index contributed by atoms with van der Waals surface area (Å²) in [6.45, 7) is 5.37. The standard InChI is InChI=1S/C14H16ClNO2/c1-8-11(14(2,3)13(17)18)9-6-5-7-10(15)12(9)16(8)4/h5-7H,1-4H3,(H,17,18). The van der Waals surface area contributed by atoms with Crippen LogP contribution in [0.2, 0.25) is 5.02 Å². The highest BCUT2D eigenvalue weighted by Crippen LogP contribution is 2.37. The van der Waals surface area contributed by atoms with Crippen molar-refractivity contribution in [2.75, 3.05) is 0 Å². The molecule has 1 aromatic carbocycles. The summed E-state index contributed by atoms with van der Waals surface area (Å²) in [6, 6.07) is 5.60. The number of carboxylic acid groups (broad SMARTS) is 1. The molecule has 18 heavy (non-hydrogen) atoms. The summed E-state index contributed by atoms with van der Waals surface area (Å²) in [5, 5.41) is 11.0. The third kappa shape index (κ3) is 1.62. The van der Waals surface area contributed by atoms with Gasteiger partial charge in [0.1, 0.15) is 0 Å². The van der Waals surface area contributed by atoms with Gasteiger partial charge in [-0.25, -0.2) is 0 Å². The summed E-state index contributed by atoms with van der Waals surface area (Å²) in [5.41, 5.74) is 1.72. The highest BCUT2D eigenvalue weighted by molar-refractivity contribution is 6.35. The Morgan fingerprint density at radius 3 is 2.56 bits per heavy atom. The molecule has 0 unspecified atom stereocenters. The Hall–Kier alpha value is -1.48. The maximum absolute atomic E-state index is 11.5. The van der Waals surface area contributed by atoms with Crippen molar-refractivity contribution in [2.45, 2.75) is 26.2 Å². The molecule has 2 rings (SSSR count). The van der Waals surface area contributed by atoms with Gasteiger partial charge in [0.25, 0.3) is 0 Å². The first kappa shape index (κ1) is 13.0. The molecule has 0 saturated carbocycles. The summed E-state index contributed by atoms with van der Waals surface area (Å²) in [4.78, 5) is 11.5. The first-order valence-electron chi connectivity index (χ1n) is 5.76. The number of hydrogen-bond donors (Lipinski definition) is 1. The molecule has 1 heterocycles. The van der Waals surface area contributed by atoms with E-state index < -0.39 is 11.4 Å². The summed E-state index contributed by atoms with van der Waals surface area (Å²) in [7, 11) is 1.91. The molecule has 0 amide bonds. The van der Waals surface area contributed by atoms with Crippen LogP contribution in [-0.4, -0.2) is 15.6 Å². The van der Waals surface area contributed by atoms with E-state index in [2.05, 4.69) is 0 Å². The van der Waals surface area contributed by atoms with Gasteiger partial charge in [-0.2, -0.15) is 0 Å². The van der Waals surface area contributed by atoms with Crippen molar-refractivity contribution in [3.05, 3.63) is 34.5 Å². The summed E-state index contributed by atoms with van der Waals surface area (Å²) in [5.74, 6) is -0.835. The number of carbonyl (C=O) groups is 1. The molecule has 1 aromatic heterocycles. The lowest BCUT2D eigenvalue weighted by atomic mass is 9.83. The number of rotatable bonds is 2. The first-order chi connectivity index (χ1) is 8.28. The van der Waals surface area contributed by atoms with E-state index in [9.17, 15) is 9.90 Å². The summed E-state index contributed by atoms with van der Waals surface area (Å²) in [6.07, 6.45) is 0. The predicted molar refractivity (Wildman–Crippen MR) is 73.3 cm³/mol. The van der Waals surface area contributed by atoms with Crippen molar-refractivity contribution >= 4 is 28.5 Å². The Balaban J connectivity index is 2.93.